The number of ketones is 1. The van der Waals surface area contributed by atoms with E-state index in [2.05, 4.69) is 0 Å². The fourth-order valence-electron chi connectivity index (χ4n) is 1.09. The zero-order valence-electron chi connectivity index (χ0n) is 7.28. The van der Waals surface area contributed by atoms with Crippen LogP contribution in [0.2, 0.25) is 0 Å². The minimum absolute atomic E-state index is 0.312. The Morgan fingerprint density at radius 1 is 1.57 bits per heavy atom. The van der Waals surface area contributed by atoms with Crippen molar-refractivity contribution in [2.75, 3.05) is 5.73 Å². The Bertz CT molecular complexity index is 417. The van der Waals surface area contributed by atoms with Gasteiger partial charge in [0.2, 0.25) is 0 Å². The van der Waals surface area contributed by atoms with Crippen LogP contribution in [0.3, 0.4) is 0 Å². The topological polar surface area (TPSA) is 86.2 Å². The van der Waals surface area contributed by atoms with E-state index in [0.29, 0.717) is 0 Å². The maximum Gasteiger partial charge on any atom is 0.303 e. The molecule has 0 unspecified atom stereocenters. The standard InChI is InChI=1S/C8H7FN2O3/c1-4(12)6-2-5(9)3-7(10)8(6)11(13)14/h2-3H,10H2,1H3. The number of Topliss-reactive ketones (excluding diaryl/α,β-unsaturated/α-hetero) is 1. The summed E-state index contributed by atoms with van der Waals surface area (Å²) in [6.07, 6.45) is 0. The third-order valence-electron chi connectivity index (χ3n) is 1.67. The fraction of sp³-hybridized carbons (Fsp3) is 0.125. The van der Waals surface area contributed by atoms with Gasteiger partial charge in [0.25, 0.3) is 0 Å². The van der Waals surface area contributed by atoms with Crippen LogP contribution in [0.15, 0.2) is 12.1 Å². The van der Waals surface area contributed by atoms with Crippen molar-refractivity contribution in [3.05, 3.63) is 33.6 Å². The van der Waals surface area contributed by atoms with Crippen LogP contribution in [0.4, 0.5) is 15.8 Å². The lowest BCUT2D eigenvalue weighted by molar-refractivity contribution is -0.384. The highest BCUT2D eigenvalue weighted by atomic mass is 19.1. The number of nitrogen functional groups attached to an aromatic ring is 1. The Balaban J connectivity index is 3.52. The minimum Gasteiger partial charge on any atom is -0.393 e. The molecule has 0 atom stereocenters. The van der Waals surface area contributed by atoms with Crippen LogP contribution < -0.4 is 5.73 Å². The first-order chi connectivity index (χ1) is 6.43. The van der Waals surface area contributed by atoms with E-state index in [1.807, 2.05) is 0 Å². The van der Waals surface area contributed by atoms with Crippen molar-refractivity contribution in [1.82, 2.24) is 0 Å². The highest BCUT2D eigenvalue weighted by Crippen LogP contribution is 2.27. The fourth-order valence-corrected chi connectivity index (χ4v) is 1.09. The number of benzene rings is 1. The van der Waals surface area contributed by atoms with Crippen molar-refractivity contribution in [3.8, 4) is 0 Å². The van der Waals surface area contributed by atoms with Crippen LogP contribution in [-0.4, -0.2) is 10.7 Å². The van der Waals surface area contributed by atoms with Crippen LogP contribution >= 0.6 is 0 Å². The molecule has 0 fully saturated rings. The predicted octanol–water partition coefficient (Wildman–Crippen LogP) is 1.52. The van der Waals surface area contributed by atoms with Crippen molar-refractivity contribution in [1.29, 1.82) is 0 Å². The molecule has 0 aliphatic carbocycles. The molecular formula is C8H7FN2O3. The number of carbonyl (C=O) groups excluding carboxylic acids is 1. The predicted molar refractivity (Wildman–Crippen MR) is 47.5 cm³/mol. The zero-order valence-corrected chi connectivity index (χ0v) is 7.28. The molecule has 0 aliphatic rings. The number of nitro benzene ring substituents is 1. The van der Waals surface area contributed by atoms with Gasteiger partial charge in [-0.05, 0) is 13.0 Å². The number of nitrogens with two attached hydrogens (primary N) is 1. The van der Waals surface area contributed by atoms with Gasteiger partial charge in [0, 0.05) is 6.07 Å². The second kappa shape index (κ2) is 3.41. The smallest absolute Gasteiger partial charge is 0.303 e. The van der Waals surface area contributed by atoms with Crippen LogP contribution in [0.5, 0.6) is 0 Å². The average molecular weight is 198 g/mol. The molecule has 0 aromatic heterocycles. The van der Waals surface area contributed by atoms with Crippen molar-refractivity contribution in [3.63, 3.8) is 0 Å². The lowest BCUT2D eigenvalue weighted by Crippen LogP contribution is -2.04. The summed E-state index contributed by atoms with van der Waals surface area (Å²) in [4.78, 5) is 20.7. The Kier molecular flexibility index (Phi) is 2.46. The van der Waals surface area contributed by atoms with E-state index >= 15 is 0 Å². The molecule has 5 nitrogen and oxygen atoms in total. The second-order valence-electron chi connectivity index (χ2n) is 2.70. The summed E-state index contributed by atoms with van der Waals surface area (Å²) in [5.74, 6) is -1.36. The lowest BCUT2D eigenvalue weighted by atomic mass is 10.1. The Morgan fingerprint density at radius 3 is 2.57 bits per heavy atom. The summed E-state index contributed by atoms with van der Waals surface area (Å²) in [6.45, 7) is 1.11. The number of rotatable bonds is 2. The number of halogens is 1. The summed E-state index contributed by atoms with van der Waals surface area (Å²) < 4.78 is 12.8. The first kappa shape index (κ1) is 10.1. The maximum absolute atomic E-state index is 12.8. The Morgan fingerprint density at radius 2 is 2.14 bits per heavy atom. The third kappa shape index (κ3) is 1.68. The highest BCUT2D eigenvalue weighted by Gasteiger charge is 2.22. The minimum atomic E-state index is -0.800. The van der Waals surface area contributed by atoms with E-state index < -0.39 is 22.2 Å². The van der Waals surface area contributed by atoms with Gasteiger partial charge in [-0.3, -0.25) is 14.9 Å². The summed E-state index contributed by atoms with van der Waals surface area (Å²) >= 11 is 0. The molecule has 6 heteroatoms. The first-order valence-electron chi connectivity index (χ1n) is 3.68. The molecule has 0 bridgehead atoms. The number of anilines is 1. The van der Waals surface area contributed by atoms with Crippen molar-refractivity contribution in [2.24, 2.45) is 0 Å². The van der Waals surface area contributed by atoms with Gasteiger partial charge in [-0.1, -0.05) is 0 Å². The molecule has 2 N–H and O–H groups in total. The van der Waals surface area contributed by atoms with Crippen molar-refractivity contribution < 1.29 is 14.1 Å². The van der Waals surface area contributed by atoms with Gasteiger partial charge in [0.05, 0.1) is 4.92 Å². The van der Waals surface area contributed by atoms with Crippen LogP contribution in [0.1, 0.15) is 17.3 Å². The largest absolute Gasteiger partial charge is 0.393 e. The molecule has 0 spiro atoms. The van der Waals surface area contributed by atoms with Crippen LogP contribution in [-0.2, 0) is 0 Å². The summed E-state index contributed by atoms with van der Waals surface area (Å²) in [5, 5.41) is 10.5. The van der Waals surface area contributed by atoms with Gasteiger partial charge in [-0.15, -0.1) is 0 Å². The third-order valence-corrected chi connectivity index (χ3v) is 1.67. The van der Waals surface area contributed by atoms with Crippen molar-refractivity contribution >= 4 is 17.2 Å². The first-order valence-corrected chi connectivity index (χ1v) is 3.68. The Labute approximate surface area is 78.5 Å². The zero-order chi connectivity index (χ0) is 10.9. The lowest BCUT2D eigenvalue weighted by Gasteiger charge is -2.01. The molecule has 1 aromatic carbocycles. The molecule has 14 heavy (non-hydrogen) atoms. The van der Waals surface area contributed by atoms with Crippen LogP contribution in [0.25, 0.3) is 0 Å². The molecule has 0 heterocycles. The average Bonchev–Trinajstić information content (AvgIpc) is 2.01. The van der Waals surface area contributed by atoms with Gasteiger partial charge in [0.15, 0.2) is 5.78 Å². The highest BCUT2D eigenvalue weighted by molar-refractivity contribution is 6.00. The van der Waals surface area contributed by atoms with Crippen LogP contribution in [0, 0.1) is 15.9 Å². The van der Waals surface area contributed by atoms with E-state index in [9.17, 15) is 19.3 Å². The summed E-state index contributed by atoms with van der Waals surface area (Å²) in [6, 6.07) is 1.61. The molecule has 1 rings (SSSR count). The second-order valence-corrected chi connectivity index (χ2v) is 2.70. The molecule has 0 saturated heterocycles. The molecule has 1 aromatic rings. The number of nitrogens with zero attached hydrogens (tertiary/aromatic N) is 1. The van der Waals surface area contributed by atoms with E-state index in [1.54, 1.807) is 0 Å². The van der Waals surface area contributed by atoms with Crippen molar-refractivity contribution in [2.45, 2.75) is 6.92 Å². The van der Waals surface area contributed by atoms with Gasteiger partial charge in [-0.2, -0.15) is 0 Å². The Hall–Kier alpha value is -1.98. The van der Waals surface area contributed by atoms with E-state index in [0.717, 1.165) is 19.1 Å². The molecule has 0 aliphatic heterocycles. The molecule has 0 amide bonds. The number of hydrogen-bond donors (Lipinski definition) is 1. The number of hydrogen-bond acceptors (Lipinski definition) is 4. The molecular weight excluding hydrogens is 191 g/mol. The number of carbonyl (C=O) groups is 1. The molecule has 0 radical (unpaired) electrons. The molecule has 0 saturated carbocycles. The monoisotopic (exact) mass is 198 g/mol. The van der Waals surface area contributed by atoms with Gasteiger partial charge >= 0.3 is 5.69 Å². The van der Waals surface area contributed by atoms with Gasteiger partial charge < -0.3 is 5.73 Å². The quantitative estimate of drug-likeness (QED) is 0.338. The van der Waals surface area contributed by atoms with E-state index in [-0.39, 0.29) is 11.3 Å². The number of nitro groups is 1. The normalized spacial score (nSPS) is 9.86. The maximum atomic E-state index is 12.8. The molecule has 74 valence electrons. The summed E-state index contributed by atoms with van der Waals surface area (Å²) in [7, 11) is 0. The van der Waals surface area contributed by atoms with E-state index in [4.69, 9.17) is 5.73 Å². The SMILES string of the molecule is CC(=O)c1cc(F)cc(N)c1[N+](=O)[O-]. The van der Waals surface area contributed by atoms with Gasteiger partial charge in [-0.25, -0.2) is 4.39 Å². The van der Waals surface area contributed by atoms with E-state index in [1.165, 1.54) is 0 Å². The van der Waals surface area contributed by atoms with Gasteiger partial charge in [0.1, 0.15) is 17.1 Å². The summed E-state index contributed by atoms with van der Waals surface area (Å²) in [5.41, 5.74) is 4.02.